The number of hydrogen-bond donors (Lipinski definition) is 2. The number of carbonyl (C=O) groups is 2. The maximum Gasteiger partial charge on any atom is 0.252 e. The molecule has 0 radical (unpaired) electrons. The Morgan fingerprint density at radius 1 is 1.14 bits per heavy atom. The highest BCUT2D eigenvalue weighted by Crippen LogP contribution is 2.28. The molecule has 1 saturated heterocycles. The molecule has 3 N–H and O–H groups in total. The number of nitrogens with zero attached hydrogens (tertiary/aromatic N) is 4. The zero-order valence-corrected chi connectivity index (χ0v) is 18.9. The number of alkyl halides is 1. The van der Waals surface area contributed by atoms with Crippen molar-refractivity contribution < 1.29 is 23.5 Å². The zero-order chi connectivity index (χ0) is 24.4. The van der Waals surface area contributed by atoms with Crippen LogP contribution in [0.4, 0.5) is 4.39 Å². The topological polar surface area (TPSA) is 136 Å². The predicted molar refractivity (Wildman–Crippen MR) is 122 cm³/mol. The van der Waals surface area contributed by atoms with E-state index in [-0.39, 0.29) is 42.7 Å². The number of ether oxygens (including phenoxy) is 2. The van der Waals surface area contributed by atoms with Crippen molar-refractivity contribution in [3.8, 4) is 22.8 Å². The molecule has 2 aliphatic rings. The third-order valence-corrected chi connectivity index (χ3v) is 6.00. The molecule has 10 nitrogen and oxygen atoms in total. The van der Waals surface area contributed by atoms with E-state index in [1.807, 2.05) is 0 Å². The van der Waals surface area contributed by atoms with E-state index in [1.165, 1.54) is 17.2 Å². The predicted octanol–water partition coefficient (Wildman–Crippen LogP) is 2.07. The second-order valence-electron chi connectivity index (χ2n) is 8.70. The van der Waals surface area contributed by atoms with E-state index in [1.54, 1.807) is 30.7 Å². The lowest BCUT2D eigenvalue weighted by Gasteiger charge is -2.35. The Balaban J connectivity index is 1.19. The highest BCUT2D eigenvalue weighted by molar-refractivity contribution is 5.96. The number of carbonyl (C=O) groups excluding carboxylic acids is 2. The average molecular weight is 481 g/mol. The Morgan fingerprint density at radius 3 is 2.66 bits per heavy atom. The van der Waals surface area contributed by atoms with Crippen LogP contribution in [0.3, 0.4) is 0 Å². The fourth-order valence-electron chi connectivity index (χ4n) is 3.91. The van der Waals surface area contributed by atoms with Gasteiger partial charge in [0, 0.05) is 30.4 Å². The first kappa shape index (κ1) is 22.8. The summed E-state index contributed by atoms with van der Waals surface area (Å²) in [5.41, 5.74) is 7.37. The monoisotopic (exact) mass is 480 g/mol. The Labute approximate surface area is 200 Å². The second kappa shape index (κ2) is 9.69. The molecular weight excluding hydrogens is 455 g/mol. The molecule has 2 unspecified atom stereocenters. The van der Waals surface area contributed by atoms with Gasteiger partial charge in [-0.1, -0.05) is 0 Å². The number of halogens is 1. The van der Waals surface area contributed by atoms with E-state index in [2.05, 4.69) is 20.2 Å². The minimum Gasteiger partial charge on any atom is -0.489 e. The highest BCUT2D eigenvalue weighted by Gasteiger charge is 2.34. The third kappa shape index (κ3) is 5.39. The lowest BCUT2D eigenvalue weighted by atomic mass is 10.0. The van der Waals surface area contributed by atoms with Crippen molar-refractivity contribution >= 4 is 11.8 Å². The van der Waals surface area contributed by atoms with Crippen LogP contribution >= 0.6 is 0 Å². The minimum atomic E-state index is -1.44. The van der Waals surface area contributed by atoms with Gasteiger partial charge in [-0.15, -0.1) is 0 Å². The van der Waals surface area contributed by atoms with Crippen LogP contribution in [0.25, 0.3) is 11.3 Å². The van der Waals surface area contributed by atoms with Crippen LogP contribution in [-0.4, -0.2) is 68.3 Å². The molecule has 0 aromatic carbocycles. The van der Waals surface area contributed by atoms with Gasteiger partial charge in [-0.3, -0.25) is 24.7 Å². The summed E-state index contributed by atoms with van der Waals surface area (Å²) < 4.78 is 26.5. The van der Waals surface area contributed by atoms with Gasteiger partial charge in [-0.25, -0.2) is 4.39 Å². The van der Waals surface area contributed by atoms with E-state index in [4.69, 9.17) is 15.2 Å². The maximum atomic E-state index is 15.0. The molecular formula is C24H25FN6O4. The van der Waals surface area contributed by atoms with Gasteiger partial charge in [0.2, 0.25) is 5.91 Å². The van der Waals surface area contributed by atoms with Gasteiger partial charge < -0.3 is 20.1 Å². The molecule has 5 rings (SSSR count). The van der Waals surface area contributed by atoms with E-state index >= 15 is 0 Å². The summed E-state index contributed by atoms with van der Waals surface area (Å²) in [6.45, 7) is 0.206. The van der Waals surface area contributed by atoms with Crippen molar-refractivity contribution in [2.75, 3.05) is 13.1 Å². The van der Waals surface area contributed by atoms with E-state index < -0.39 is 18.2 Å². The Bertz CT molecular complexity index is 1200. The molecule has 4 heterocycles. The fraction of sp³-hybridized carbons (Fsp3) is 0.375. The van der Waals surface area contributed by atoms with Crippen LogP contribution in [0.1, 0.15) is 35.3 Å². The van der Waals surface area contributed by atoms with Crippen LogP contribution in [0.15, 0.2) is 43.0 Å². The molecule has 3 aromatic rings. The number of nitrogens with two attached hydrogens (primary N) is 1. The molecule has 1 aliphatic carbocycles. The molecule has 1 saturated carbocycles. The van der Waals surface area contributed by atoms with Gasteiger partial charge in [-0.05, 0) is 31.0 Å². The number of piperidine rings is 1. The van der Waals surface area contributed by atoms with Gasteiger partial charge in [-0.2, -0.15) is 5.10 Å². The number of aromatic amines is 1. The summed E-state index contributed by atoms with van der Waals surface area (Å²) >= 11 is 0. The van der Waals surface area contributed by atoms with Crippen molar-refractivity contribution in [1.82, 2.24) is 25.1 Å². The van der Waals surface area contributed by atoms with Gasteiger partial charge in [0.05, 0.1) is 48.9 Å². The summed E-state index contributed by atoms with van der Waals surface area (Å²) in [5.74, 6) is -0.127. The zero-order valence-electron chi connectivity index (χ0n) is 18.9. The number of hydrogen-bond acceptors (Lipinski definition) is 7. The van der Waals surface area contributed by atoms with Gasteiger partial charge in [0.15, 0.2) is 11.9 Å². The van der Waals surface area contributed by atoms with Crippen LogP contribution in [0.5, 0.6) is 11.5 Å². The average Bonchev–Trinajstić information content (AvgIpc) is 3.49. The third-order valence-electron chi connectivity index (χ3n) is 6.00. The molecule has 3 aromatic heterocycles. The summed E-state index contributed by atoms with van der Waals surface area (Å²) in [6.07, 6.45) is 6.61. The van der Waals surface area contributed by atoms with E-state index in [0.717, 1.165) is 12.8 Å². The molecule has 2 atom stereocenters. The first-order valence-corrected chi connectivity index (χ1v) is 11.5. The number of pyridine rings is 2. The fourth-order valence-corrected chi connectivity index (χ4v) is 3.91. The standard InChI is InChI=1S/C24H25FN6O4/c25-19-13-31(23(32)7-15-1-2-17(11-27-15)34-16-3-4-16)6-5-21(19)35-22-12-28-20(8-18(22)24(26)33)14-9-29-30-10-14/h1-2,8-12,16,19,21H,3-7,13H2,(H2,26,33)(H,29,30). The first-order chi connectivity index (χ1) is 17.0. The molecule has 182 valence electrons. The smallest absolute Gasteiger partial charge is 0.252 e. The number of H-pyrrole nitrogens is 1. The number of aromatic nitrogens is 4. The van der Waals surface area contributed by atoms with Crippen molar-refractivity contribution in [2.45, 2.75) is 44.1 Å². The molecule has 35 heavy (non-hydrogen) atoms. The molecule has 0 spiro atoms. The van der Waals surface area contributed by atoms with Gasteiger partial charge in [0.25, 0.3) is 5.91 Å². The summed E-state index contributed by atoms with van der Waals surface area (Å²) in [4.78, 5) is 34.7. The first-order valence-electron chi connectivity index (χ1n) is 11.5. The Morgan fingerprint density at radius 2 is 2.00 bits per heavy atom. The number of rotatable bonds is 8. The van der Waals surface area contributed by atoms with Gasteiger partial charge >= 0.3 is 0 Å². The SMILES string of the molecule is NC(=O)c1cc(-c2cn[nH]c2)ncc1OC1CCN(C(=O)Cc2ccc(OC3CC3)cn2)CC1F. The summed E-state index contributed by atoms with van der Waals surface area (Å²) in [6, 6.07) is 5.04. The van der Waals surface area contributed by atoms with E-state index in [0.29, 0.717) is 29.2 Å². The number of likely N-dealkylation sites (tertiary alicyclic amines) is 1. The summed E-state index contributed by atoms with van der Waals surface area (Å²) in [5, 5.41) is 6.53. The highest BCUT2D eigenvalue weighted by atomic mass is 19.1. The lowest BCUT2D eigenvalue weighted by molar-refractivity contribution is -0.134. The van der Waals surface area contributed by atoms with Crippen molar-refractivity contribution in [3.05, 3.63) is 54.2 Å². The van der Waals surface area contributed by atoms with Crippen LogP contribution in [0, 0.1) is 0 Å². The van der Waals surface area contributed by atoms with E-state index in [9.17, 15) is 14.0 Å². The van der Waals surface area contributed by atoms with Gasteiger partial charge in [0.1, 0.15) is 11.9 Å². The largest absolute Gasteiger partial charge is 0.489 e. The van der Waals surface area contributed by atoms with Crippen molar-refractivity contribution in [2.24, 2.45) is 5.73 Å². The maximum absolute atomic E-state index is 15.0. The lowest BCUT2D eigenvalue weighted by Crippen LogP contribution is -2.49. The van der Waals surface area contributed by atoms with Crippen LogP contribution in [-0.2, 0) is 11.2 Å². The normalized spacial score (nSPS) is 19.9. The van der Waals surface area contributed by atoms with Crippen molar-refractivity contribution in [1.29, 1.82) is 0 Å². The quantitative estimate of drug-likeness (QED) is 0.504. The molecule has 2 amide bonds. The van der Waals surface area contributed by atoms with Crippen molar-refractivity contribution in [3.63, 3.8) is 0 Å². The molecule has 1 aliphatic heterocycles. The molecule has 2 fully saturated rings. The Kier molecular flexibility index (Phi) is 6.30. The molecule has 0 bridgehead atoms. The number of amides is 2. The van der Waals surface area contributed by atoms with Crippen LogP contribution in [0.2, 0.25) is 0 Å². The minimum absolute atomic E-state index is 0.0766. The Hall–Kier alpha value is -4.02. The number of nitrogens with one attached hydrogen (secondary N) is 1. The molecule has 11 heteroatoms. The van der Waals surface area contributed by atoms with Crippen LogP contribution < -0.4 is 15.2 Å². The summed E-state index contributed by atoms with van der Waals surface area (Å²) in [7, 11) is 0. The second-order valence-corrected chi connectivity index (χ2v) is 8.70. The number of primary amides is 1.